The van der Waals surface area contributed by atoms with Crippen LogP contribution in [0, 0.1) is 5.92 Å². The van der Waals surface area contributed by atoms with Gasteiger partial charge < -0.3 is 5.32 Å². The molecular formula is C16H28N2O2S. The highest BCUT2D eigenvalue weighted by molar-refractivity contribution is 7.94. The maximum absolute atomic E-state index is 11.8. The number of sulfone groups is 1. The minimum absolute atomic E-state index is 0.0725. The Bertz CT molecular complexity index is 506. The molecule has 0 radical (unpaired) electrons. The van der Waals surface area contributed by atoms with Crippen molar-refractivity contribution >= 4 is 9.84 Å². The maximum atomic E-state index is 11.8. The fraction of sp³-hybridized carbons (Fsp3) is 0.875. The second-order valence-electron chi connectivity index (χ2n) is 7.43. The van der Waals surface area contributed by atoms with Gasteiger partial charge in [0.15, 0.2) is 9.84 Å². The van der Waals surface area contributed by atoms with E-state index < -0.39 is 9.84 Å². The first kappa shape index (κ1) is 15.5. The fourth-order valence-electron chi connectivity index (χ4n) is 4.27. The summed E-state index contributed by atoms with van der Waals surface area (Å²) in [4.78, 5) is 2.48. The van der Waals surface area contributed by atoms with Crippen molar-refractivity contribution in [3.8, 4) is 0 Å². The first-order valence-electron chi connectivity index (χ1n) is 8.33. The molecule has 0 aromatic carbocycles. The highest BCUT2D eigenvalue weighted by Gasteiger charge is 2.44. The normalized spacial score (nSPS) is 35.6. The van der Waals surface area contributed by atoms with Crippen LogP contribution in [0.4, 0.5) is 0 Å². The van der Waals surface area contributed by atoms with Crippen LogP contribution in [0.3, 0.4) is 0 Å². The molecule has 0 bridgehead atoms. The van der Waals surface area contributed by atoms with Gasteiger partial charge in [-0.15, -0.1) is 0 Å². The van der Waals surface area contributed by atoms with E-state index in [1.54, 1.807) is 0 Å². The van der Waals surface area contributed by atoms with E-state index in [1.165, 1.54) is 37.5 Å². The van der Waals surface area contributed by atoms with Crippen molar-refractivity contribution < 1.29 is 8.42 Å². The van der Waals surface area contributed by atoms with Crippen LogP contribution in [-0.4, -0.2) is 49.8 Å². The van der Waals surface area contributed by atoms with Gasteiger partial charge in [-0.2, -0.15) is 0 Å². The topological polar surface area (TPSA) is 49.4 Å². The zero-order valence-electron chi connectivity index (χ0n) is 13.2. The van der Waals surface area contributed by atoms with E-state index in [2.05, 4.69) is 24.1 Å². The second kappa shape index (κ2) is 5.67. The van der Waals surface area contributed by atoms with E-state index in [1.807, 2.05) is 6.08 Å². The molecule has 3 aliphatic rings. The van der Waals surface area contributed by atoms with Crippen molar-refractivity contribution in [2.75, 3.05) is 18.8 Å². The maximum Gasteiger partial charge on any atom is 0.173 e. The lowest BCUT2D eigenvalue weighted by Crippen LogP contribution is -2.67. The molecule has 120 valence electrons. The molecule has 1 saturated heterocycles. The SMILES string of the molecule is CC(C)C1CNC2(CCCCC2)CN1C1C=CS(=O)(=O)C1. The third-order valence-electron chi connectivity index (χ3n) is 5.51. The van der Waals surface area contributed by atoms with Gasteiger partial charge in [-0.25, -0.2) is 8.42 Å². The van der Waals surface area contributed by atoms with Gasteiger partial charge in [-0.1, -0.05) is 39.2 Å². The van der Waals surface area contributed by atoms with Crippen molar-refractivity contribution in [3.63, 3.8) is 0 Å². The summed E-state index contributed by atoms with van der Waals surface area (Å²) in [6.45, 7) is 6.47. The lowest BCUT2D eigenvalue weighted by molar-refractivity contribution is 0.0241. The van der Waals surface area contributed by atoms with Gasteiger partial charge in [0.1, 0.15) is 0 Å². The predicted octanol–water partition coefficient (Wildman–Crippen LogP) is 1.93. The summed E-state index contributed by atoms with van der Waals surface area (Å²) in [6, 6.07) is 0.504. The number of rotatable bonds is 2. The number of hydrogen-bond acceptors (Lipinski definition) is 4. The molecule has 1 aliphatic carbocycles. The van der Waals surface area contributed by atoms with Gasteiger partial charge in [0, 0.05) is 36.1 Å². The van der Waals surface area contributed by atoms with Crippen LogP contribution in [0.15, 0.2) is 11.5 Å². The summed E-state index contributed by atoms with van der Waals surface area (Å²) in [5, 5.41) is 5.25. The van der Waals surface area contributed by atoms with Crippen molar-refractivity contribution in [3.05, 3.63) is 11.5 Å². The van der Waals surface area contributed by atoms with Crippen LogP contribution in [0.25, 0.3) is 0 Å². The molecular weight excluding hydrogens is 284 g/mol. The quantitative estimate of drug-likeness (QED) is 0.846. The molecule has 1 saturated carbocycles. The molecule has 0 aromatic rings. The highest BCUT2D eigenvalue weighted by Crippen LogP contribution is 2.35. The highest BCUT2D eigenvalue weighted by atomic mass is 32.2. The Labute approximate surface area is 128 Å². The average Bonchev–Trinajstić information content (AvgIpc) is 2.79. The smallest absolute Gasteiger partial charge is 0.173 e. The summed E-state index contributed by atoms with van der Waals surface area (Å²) in [5.41, 5.74) is 0.226. The molecule has 2 unspecified atom stereocenters. The molecule has 2 aliphatic heterocycles. The Hall–Kier alpha value is -0.390. The van der Waals surface area contributed by atoms with E-state index in [0.29, 0.717) is 12.0 Å². The first-order chi connectivity index (χ1) is 9.91. The Morgan fingerprint density at radius 1 is 1.24 bits per heavy atom. The van der Waals surface area contributed by atoms with Crippen molar-refractivity contribution in [1.82, 2.24) is 10.2 Å². The summed E-state index contributed by atoms with van der Waals surface area (Å²) in [7, 11) is -2.98. The van der Waals surface area contributed by atoms with Crippen LogP contribution in [-0.2, 0) is 9.84 Å². The standard InChI is InChI=1S/C16H28N2O2S/c1-13(2)15-10-17-16(7-4-3-5-8-16)12-18(15)14-6-9-21(19,20)11-14/h6,9,13-15,17H,3-5,7-8,10-12H2,1-2H3. The van der Waals surface area contributed by atoms with Crippen LogP contribution in [0.2, 0.25) is 0 Å². The van der Waals surface area contributed by atoms with Gasteiger partial charge in [0.25, 0.3) is 0 Å². The summed E-state index contributed by atoms with van der Waals surface area (Å²) < 4.78 is 23.6. The molecule has 2 atom stereocenters. The van der Waals surface area contributed by atoms with E-state index >= 15 is 0 Å². The van der Waals surface area contributed by atoms with E-state index in [0.717, 1.165) is 13.1 Å². The lowest BCUT2D eigenvalue weighted by Gasteiger charge is -2.52. The molecule has 1 spiro atoms. The summed E-state index contributed by atoms with van der Waals surface area (Å²) in [6.07, 6.45) is 8.31. The molecule has 1 N–H and O–H groups in total. The third kappa shape index (κ3) is 3.20. The predicted molar refractivity (Wildman–Crippen MR) is 85.9 cm³/mol. The fourth-order valence-corrected chi connectivity index (χ4v) is 5.58. The zero-order valence-corrected chi connectivity index (χ0v) is 14.0. The van der Waals surface area contributed by atoms with Gasteiger partial charge in [0.05, 0.1) is 5.75 Å². The number of nitrogens with one attached hydrogen (secondary N) is 1. The van der Waals surface area contributed by atoms with Gasteiger partial charge in [0.2, 0.25) is 0 Å². The monoisotopic (exact) mass is 312 g/mol. The minimum atomic E-state index is -2.98. The largest absolute Gasteiger partial charge is 0.308 e. The van der Waals surface area contributed by atoms with Gasteiger partial charge in [-0.3, -0.25) is 4.90 Å². The molecule has 21 heavy (non-hydrogen) atoms. The molecule has 3 rings (SSSR count). The number of nitrogens with zero attached hydrogens (tertiary/aromatic N) is 1. The first-order valence-corrected chi connectivity index (χ1v) is 10.0. The zero-order chi connectivity index (χ0) is 15.1. The van der Waals surface area contributed by atoms with Crippen LogP contribution in [0.1, 0.15) is 46.0 Å². The molecule has 4 nitrogen and oxygen atoms in total. The van der Waals surface area contributed by atoms with Crippen LogP contribution < -0.4 is 5.32 Å². The average molecular weight is 312 g/mol. The van der Waals surface area contributed by atoms with E-state index in [4.69, 9.17) is 0 Å². The molecule has 2 heterocycles. The van der Waals surface area contributed by atoms with Gasteiger partial charge in [-0.05, 0) is 18.8 Å². The van der Waals surface area contributed by atoms with Crippen molar-refractivity contribution in [2.45, 2.75) is 63.6 Å². The lowest BCUT2D eigenvalue weighted by atomic mass is 9.78. The summed E-state index contributed by atoms with van der Waals surface area (Å²) in [5.74, 6) is 0.807. The number of hydrogen-bond donors (Lipinski definition) is 1. The Kier molecular flexibility index (Phi) is 4.19. The third-order valence-corrected chi connectivity index (χ3v) is 6.89. The van der Waals surface area contributed by atoms with Gasteiger partial charge >= 0.3 is 0 Å². The molecule has 2 fully saturated rings. The van der Waals surface area contributed by atoms with E-state index in [9.17, 15) is 8.42 Å². The van der Waals surface area contributed by atoms with Crippen molar-refractivity contribution in [1.29, 1.82) is 0 Å². The Morgan fingerprint density at radius 2 is 1.95 bits per heavy atom. The van der Waals surface area contributed by atoms with Crippen molar-refractivity contribution in [2.24, 2.45) is 5.92 Å². The summed E-state index contributed by atoms with van der Waals surface area (Å²) >= 11 is 0. The molecule has 0 aromatic heterocycles. The Balaban J connectivity index is 1.80. The van der Waals surface area contributed by atoms with Crippen LogP contribution in [0.5, 0.6) is 0 Å². The minimum Gasteiger partial charge on any atom is -0.308 e. The van der Waals surface area contributed by atoms with Crippen LogP contribution >= 0.6 is 0 Å². The Morgan fingerprint density at radius 3 is 2.52 bits per heavy atom. The number of piperazine rings is 1. The molecule has 0 amide bonds. The van der Waals surface area contributed by atoms with E-state index in [-0.39, 0.29) is 17.3 Å². The second-order valence-corrected chi connectivity index (χ2v) is 9.36. The molecule has 5 heteroatoms.